The Morgan fingerprint density at radius 2 is 2.06 bits per heavy atom. The van der Waals surface area contributed by atoms with Crippen LogP contribution in [0.2, 0.25) is 0 Å². The summed E-state index contributed by atoms with van der Waals surface area (Å²) in [6.45, 7) is 1.96. The highest BCUT2D eigenvalue weighted by molar-refractivity contribution is 5.89. The largest absolute Gasteiger partial charge is 0.335 e. The molecule has 4 heteroatoms. The number of anilines is 1. The van der Waals surface area contributed by atoms with Crippen molar-refractivity contribution in [2.24, 2.45) is 0 Å². The van der Waals surface area contributed by atoms with Gasteiger partial charge in [-0.3, -0.25) is 4.98 Å². The molecule has 92 valence electrons. The SMILES string of the molecule is Cc1cncc(NC(=O)NC2CCCCC2)c1. The van der Waals surface area contributed by atoms with Gasteiger partial charge in [-0.2, -0.15) is 0 Å². The summed E-state index contributed by atoms with van der Waals surface area (Å²) in [6.07, 6.45) is 9.35. The second-order valence-electron chi connectivity index (χ2n) is 4.68. The highest BCUT2D eigenvalue weighted by Crippen LogP contribution is 2.17. The number of aryl methyl sites for hydroxylation is 1. The number of hydrogen-bond acceptors (Lipinski definition) is 2. The first-order valence-electron chi connectivity index (χ1n) is 6.23. The number of amides is 2. The van der Waals surface area contributed by atoms with Crippen LogP contribution in [-0.4, -0.2) is 17.1 Å². The summed E-state index contributed by atoms with van der Waals surface area (Å²) in [5.41, 5.74) is 1.79. The maximum atomic E-state index is 11.7. The van der Waals surface area contributed by atoms with Gasteiger partial charge in [0.1, 0.15) is 0 Å². The normalized spacial score (nSPS) is 16.5. The van der Waals surface area contributed by atoms with E-state index in [0.717, 1.165) is 24.1 Å². The van der Waals surface area contributed by atoms with E-state index in [0.29, 0.717) is 6.04 Å². The molecular weight excluding hydrogens is 214 g/mol. The molecule has 2 amide bonds. The summed E-state index contributed by atoms with van der Waals surface area (Å²) in [7, 11) is 0. The average Bonchev–Trinajstić information content (AvgIpc) is 2.30. The molecule has 0 unspecified atom stereocenters. The number of nitrogens with zero attached hydrogens (tertiary/aromatic N) is 1. The van der Waals surface area contributed by atoms with Gasteiger partial charge in [0.05, 0.1) is 11.9 Å². The third-order valence-corrected chi connectivity index (χ3v) is 3.07. The van der Waals surface area contributed by atoms with Crippen molar-refractivity contribution < 1.29 is 4.79 Å². The van der Waals surface area contributed by atoms with E-state index in [4.69, 9.17) is 0 Å². The van der Waals surface area contributed by atoms with Crippen LogP contribution in [0.4, 0.5) is 10.5 Å². The zero-order chi connectivity index (χ0) is 12.1. The number of aromatic nitrogens is 1. The number of hydrogen-bond donors (Lipinski definition) is 2. The average molecular weight is 233 g/mol. The summed E-state index contributed by atoms with van der Waals surface area (Å²) in [5.74, 6) is 0. The molecule has 2 rings (SSSR count). The minimum absolute atomic E-state index is 0.121. The van der Waals surface area contributed by atoms with Crippen molar-refractivity contribution in [1.82, 2.24) is 10.3 Å². The Bertz CT molecular complexity index is 386. The fraction of sp³-hybridized carbons (Fsp3) is 0.538. The van der Waals surface area contributed by atoms with Crippen molar-refractivity contribution in [2.45, 2.75) is 45.1 Å². The van der Waals surface area contributed by atoms with Crippen LogP contribution in [0.1, 0.15) is 37.7 Å². The number of carbonyl (C=O) groups excluding carboxylic acids is 1. The van der Waals surface area contributed by atoms with Gasteiger partial charge >= 0.3 is 6.03 Å². The van der Waals surface area contributed by atoms with Gasteiger partial charge in [0, 0.05) is 12.2 Å². The lowest BCUT2D eigenvalue weighted by Crippen LogP contribution is -2.39. The molecular formula is C13H19N3O. The van der Waals surface area contributed by atoms with Crippen molar-refractivity contribution >= 4 is 11.7 Å². The molecule has 1 heterocycles. The van der Waals surface area contributed by atoms with Crippen LogP contribution in [0.3, 0.4) is 0 Å². The summed E-state index contributed by atoms with van der Waals surface area (Å²) >= 11 is 0. The first-order valence-corrected chi connectivity index (χ1v) is 6.23. The van der Waals surface area contributed by atoms with Crippen LogP contribution in [0, 0.1) is 6.92 Å². The second kappa shape index (κ2) is 5.66. The van der Waals surface area contributed by atoms with Crippen LogP contribution in [0.25, 0.3) is 0 Å². The topological polar surface area (TPSA) is 54.0 Å². The molecule has 0 saturated heterocycles. The van der Waals surface area contributed by atoms with E-state index in [-0.39, 0.29) is 6.03 Å². The van der Waals surface area contributed by atoms with E-state index < -0.39 is 0 Å². The maximum absolute atomic E-state index is 11.7. The third-order valence-electron chi connectivity index (χ3n) is 3.07. The molecule has 1 aromatic rings. The quantitative estimate of drug-likeness (QED) is 0.825. The van der Waals surface area contributed by atoms with Crippen LogP contribution in [0.15, 0.2) is 18.5 Å². The van der Waals surface area contributed by atoms with E-state index in [2.05, 4.69) is 15.6 Å². The van der Waals surface area contributed by atoms with Gasteiger partial charge in [0.2, 0.25) is 0 Å². The van der Waals surface area contributed by atoms with Crippen LogP contribution in [-0.2, 0) is 0 Å². The lowest BCUT2D eigenvalue weighted by atomic mass is 9.96. The molecule has 1 aromatic heterocycles. The highest BCUT2D eigenvalue weighted by Gasteiger charge is 2.15. The molecule has 17 heavy (non-hydrogen) atoms. The number of urea groups is 1. The monoisotopic (exact) mass is 233 g/mol. The predicted octanol–water partition coefficient (Wildman–Crippen LogP) is 2.84. The van der Waals surface area contributed by atoms with Crippen molar-refractivity contribution in [1.29, 1.82) is 0 Å². The second-order valence-corrected chi connectivity index (χ2v) is 4.68. The van der Waals surface area contributed by atoms with Gasteiger partial charge < -0.3 is 10.6 Å². The van der Waals surface area contributed by atoms with E-state index in [1.807, 2.05) is 13.0 Å². The number of carbonyl (C=O) groups is 1. The van der Waals surface area contributed by atoms with Crippen LogP contribution in [0.5, 0.6) is 0 Å². The molecule has 1 aliphatic rings. The molecule has 1 saturated carbocycles. The van der Waals surface area contributed by atoms with E-state index in [9.17, 15) is 4.79 Å². The molecule has 1 aliphatic carbocycles. The molecule has 2 N–H and O–H groups in total. The van der Waals surface area contributed by atoms with Gasteiger partial charge in [0.25, 0.3) is 0 Å². The molecule has 0 atom stereocenters. The first kappa shape index (κ1) is 11.9. The number of pyridine rings is 1. The van der Waals surface area contributed by atoms with Crippen LogP contribution < -0.4 is 10.6 Å². The third kappa shape index (κ3) is 3.73. The summed E-state index contributed by atoms with van der Waals surface area (Å²) in [5, 5.41) is 5.83. The maximum Gasteiger partial charge on any atom is 0.319 e. The van der Waals surface area contributed by atoms with Gasteiger partial charge in [-0.05, 0) is 31.4 Å². The van der Waals surface area contributed by atoms with E-state index in [1.54, 1.807) is 12.4 Å². The zero-order valence-electron chi connectivity index (χ0n) is 10.2. The van der Waals surface area contributed by atoms with Crippen molar-refractivity contribution in [3.8, 4) is 0 Å². The first-order chi connectivity index (χ1) is 8.24. The Hall–Kier alpha value is -1.58. The minimum atomic E-state index is -0.121. The molecule has 0 aromatic carbocycles. The Morgan fingerprint density at radius 1 is 1.29 bits per heavy atom. The number of nitrogens with one attached hydrogen (secondary N) is 2. The molecule has 0 aliphatic heterocycles. The van der Waals surface area contributed by atoms with Crippen molar-refractivity contribution in [2.75, 3.05) is 5.32 Å². The molecule has 4 nitrogen and oxygen atoms in total. The summed E-state index contributed by atoms with van der Waals surface area (Å²) in [4.78, 5) is 15.8. The molecule has 0 spiro atoms. The summed E-state index contributed by atoms with van der Waals surface area (Å²) in [6, 6.07) is 2.12. The Balaban J connectivity index is 1.84. The van der Waals surface area contributed by atoms with Gasteiger partial charge in [-0.25, -0.2) is 4.79 Å². The fourth-order valence-electron chi connectivity index (χ4n) is 2.22. The molecule has 1 fully saturated rings. The van der Waals surface area contributed by atoms with Crippen LogP contribution >= 0.6 is 0 Å². The predicted molar refractivity (Wildman–Crippen MR) is 68.0 cm³/mol. The zero-order valence-corrected chi connectivity index (χ0v) is 10.2. The van der Waals surface area contributed by atoms with Gasteiger partial charge in [0.15, 0.2) is 0 Å². The lowest BCUT2D eigenvalue weighted by Gasteiger charge is -2.22. The molecule has 0 radical (unpaired) electrons. The van der Waals surface area contributed by atoms with E-state index in [1.165, 1.54) is 19.3 Å². The Morgan fingerprint density at radius 3 is 2.76 bits per heavy atom. The highest BCUT2D eigenvalue weighted by atomic mass is 16.2. The Labute approximate surface area is 102 Å². The molecule has 0 bridgehead atoms. The fourth-order valence-corrected chi connectivity index (χ4v) is 2.22. The standard InChI is InChI=1S/C13H19N3O/c1-10-7-12(9-14-8-10)16-13(17)15-11-5-3-2-4-6-11/h7-9,11H,2-6H2,1H3,(H2,15,16,17). The van der Waals surface area contributed by atoms with E-state index >= 15 is 0 Å². The smallest absolute Gasteiger partial charge is 0.319 e. The van der Waals surface area contributed by atoms with Crippen molar-refractivity contribution in [3.05, 3.63) is 24.0 Å². The van der Waals surface area contributed by atoms with Gasteiger partial charge in [-0.15, -0.1) is 0 Å². The lowest BCUT2D eigenvalue weighted by molar-refractivity contribution is 0.244. The van der Waals surface area contributed by atoms with Crippen molar-refractivity contribution in [3.63, 3.8) is 0 Å². The number of rotatable bonds is 2. The Kier molecular flexibility index (Phi) is 3.96. The van der Waals surface area contributed by atoms with Gasteiger partial charge in [-0.1, -0.05) is 19.3 Å². The summed E-state index contributed by atoms with van der Waals surface area (Å²) < 4.78 is 0. The minimum Gasteiger partial charge on any atom is -0.335 e.